The Labute approximate surface area is 191 Å². The summed E-state index contributed by atoms with van der Waals surface area (Å²) in [6.07, 6.45) is 1.86. The predicted octanol–water partition coefficient (Wildman–Crippen LogP) is 4.87. The van der Waals surface area contributed by atoms with Gasteiger partial charge in [-0.1, -0.05) is 49.7 Å². The first-order valence-corrected chi connectivity index (χ1v) is 12.2. The normalized spacial score (nSPS) is 11.2. The highest BCUT2D eigenvalue weighted by Crippen LogP contribution is 2.23. The third kappa shape index (κ3) is 5.19. The molecule has 0 bridgehead atoms. The summed E-state index contributed by atoms with van der Waals surface area (Å²) in [5.74, 6) is -0.190. The van der Waals surface area contributed by atoms with Crippen molar-refractivity contribution in [2.75, 3.05) is 11.4 Å². The van der Waals surface area contributed by atoms with Crippen LogP contribution in [0.3, 0.4) is 0 Å². The Morgan fingerprint density at radius 2 is 1.53 bits per heavy atom. The van der Waals surface area contributed by atoms with Gasteiger partial charge in [-0.05, 0) is 72.9 Å². The maximum absolute atomic E-state index is 12.9. The topological polar surface area (TPSA) is 66.5 Å². The van der Waals surface area contributed by atoms with E-state index in [0.717, 1.165) is 24.0 Å². The van der Waals surface area contributed by atoms with Gasteiger partial charge in [0.15, 0.2) is 0 Å². The molecule has 3 rings (SSSR count). The molecule has 1 amide bonds. The van der Waals surface area contributed by atoms with Crippen LogP contribution < -0.4 is 9.62 Å². The lowest BCUT2D eigenvalue weighted by Crippen LogP contribution is -2.27. The molecule has 0 spiro atoms. The summed E-state index contributed by atoms with van der Waals surface area (Å²) < 4.78 is 27.0. The number of nitrogens with one attached hydrogen (secondary N) is 1. The average molecular weight is 451 g/mol. The molecule has 6 heteroatoms. The fourth-order valence-electron chi connectivity index (χ4n) is 3.52. The summed E-state index contributed by atoms with van der Waals surface area (Å²) in [5.41, 5.74) is 5.57. The Kier molecular flexibility index (Phi) is 7.36. The zero-order valence-corrected chi connectivity index (χ0v) is 19.9. The highest BCUT2D eigenvalue weighted by molar-refractivity contribution is 7.92. The van der Waals surface area contributed by atoms with Crippen molar-refractivity contribution in [2.24, 2.45) is 0 Å². The van der Waals surface area contributed by atoms with Gasteiger partial charge in [0.2, 0.25) is 0 Å². The van der Waals surface area contributed by atoms with Crippen LogP contribution >= 0.6 is 0 Å². The smallest absolute Gasteiger partial charge is 0.264 e. The summed E-state index contributed by atoms with van der Waals surface area (Å²) in [6.45, 7) is 6.58. The van der Waals surface area contributed by atoms with Crippen molar-refractivity contribution in [1.82, 2.24) is 5.32 Å². The molecule has 0 aliphatic rings. The molecule has 0 unspecified atom stereocenters. The maximum atomic E-state index is 12.9. The zero-order valence-electron chi connectivity index (χ0n) is 19.1. The van der Waals surface area contributed by atoms with Crippen molar-refractivity contribution in [3.63, 3.8) is 0 Å². The van der Waals surface area contributed by atoms with Crippen LogP contribution in [0.1, 0.15) is 46.5 Å². The Morgan fingerprint density at radius 3 is 2.12 bits per heavy atom. The monoisotopic (exact) mass is 450 g/mol. The predicted molar refractivity (Wildman–Crippen MR) is 130 cm³/mol. The Bertz CT molecular complexity index is 1180. The van der Waals surface area contributed by atoms with Crippen LogP contribution in [0, 0.1) is 6.92 Å². The van der Waals surface area contributed by atoms with Gasteiger partial charge in [0.05, 0.1) is 10.6 Å². The van der Waals surface area contributed by atoms with Gasteiger partial charge in [0, 0.05) is 19.2 Å². The number of amides is 1. The van der Waals surface area contributed by atoms with Crippen LogP contribution in [0.2, 0.25) is 0 Å². The van der Waals surface area contributed by atoms with Gasteiger partial charge >= 0.3 is 0 Å². The molecule has 0 fully saturated rings. The number of carbonyl (C=O) groups is 1. The van der Waals surface area contributed by atoms with Crippen molar-refractivity contribution in [1.29, 1.82) is 0 Å². The molecule has 0 saturated carbocycles. The second-order valence-corrected chi connectivity index (χ2v) is 9.79. The van der Waals surface area contributed by atoms with E-state index in [1.165, 1.54) is 22.5 Å². The van der Waals surface area contributed by atoms with Crippen LogP contribution in [0.4, 0.5) is 5.69 Å². The first-order valence-electron chi connectivity index (χ1n) is 10.8. The van der Waals surface area contributed by atoms with Crippen LogP contribution in [-0.4, -0.2) is 21.4 Å². The molecule has 0 saturated heterocycles. The molecule has 0 aliphatic carbocycles. The van der Waals surface area contributed by atoms with Crippen molar-refractivity contribution in [2.45, 2.75) is 45.1 Å². The highest BCUT2D eigenvalue weighted by atomic mass is 32.2. The van der Waals surface area contributed by atoms with Crippen molar-refractivity contribution >= 4 is 21.6 Å². The van der Waals surface area contributed by atoms with Crippen LogP contribution in [0.5, 0.6) is 0 Å². The standard InChI is InChI=1S/C26H30N2O3S/c1-5-20-9-10-21(6-2)23(17-20)18-27-26(29)22-11-13-24(14-12-22)28(4)32(30,31)25-15-7-19(3)8-16-25/h7-17H,5-6,18H2,1-4H3,(H,27,29). The maximum Gasteiger partial charge on any atom is 0.264 e. The van der Waals surface area contributed by atoms with E-state index in [2.05, 4.69) is 37.4 Å². The molecule has 32 heavy (non-hydrogen) atoms. The number of benzene rings is 3. The van der Waals surface area contributed by atoms with Crippen LogP contribution in [-0.2, 0) is 29.4 Å². The van der Waals surface area contributed by atoms with E-state index in [1.54, 1.807) is 48.5 Å². The van der Waals surface area contributed by atoms with E-state index in [9.17, 15) is 13.2 Å². The van der Waals surface area contributed by atoms with Gasteiger partial charge in [0.1, 0.15) is 0 Å². The number of nitrogens with zero attached hydrogens (tertiary/aromatic N) is 1. The quantitative estimate of drug-likeness (QED) is 0.532. The fraction of sp³-hybridized carbons (Fsp3) is 0.269. The molecule has 3 aromatic carbocycles. The van der Waals surface area contributed by atoms with Crippen molar-refractivity contribution < 1.29 is 13.2 Å². The zero-order chi connectivity index (χ0) is 23.3. The minimum atomic E-state index is -3.67. The van der Waals surface area contributed by atoms with Gasteiger partial charge < -0.3 is 5.32 Å². The lowest BCUT2D eigenvalue weighted by molar-refractivity contribution is 0.0951. The summed E-state index contributed by atoms with van der Waals surface area (Å²) in [7, 11) is -2.16. The van der Waals surface area contributed by atoms with Gasteiger partial charge in [0.25, 0.3) is 15.9 Å². The van der Waals surface area contributed by atoms with E-state index in [1.807, 2.05) is 6.92 Å². The number of sulfonamides is 1. The molecule has 0 aliphatic heterocycles. The SMILES string of the molecule is CCc1ccc(CC)c(CNC(=O)c2ccc(N(C)S(=O)(=O)c3ccc(C)cc3)cc2)c1. The molecule has 0 aromatic heterocycles. The molecule has 0 atom stereocenters. The molecule has 3 aromatic rings. The lowest BCUT2D eigenvalue weighted by Gasteiger charge is -2.20. The number of hydrogen-bond acceptors (Lipinski definition) is 3. The Balaban J connectivity index is 1.71. The second kappa shape index (κ2) is 10.0. The minimum Gasteiger partial charge on any atom is -0.348 e. The first kappa shape index (κ1) is 23.5. The molecular formula is C26H30N2O3S. The van der Waals surface area contributed by atoms with Gasteiger partial charge in [-0.25, -0.2) is 8.42 Å². The average Bonchev–Trinajstić information content (AvgIpc) is 2.82. The van der Waals surface area contributed by atoms with E-state index in [0.29, 0.717) is 17.8 Å². The molecule has 0 radical (unpaired) electrons. The second-order valence-electron chi connectivity index (χ2n) is 7.83. The van der Waals surface area contributed by atoms with E-state index in [-0.39, 0.29) is 10.8 Å². The van der Waals surface area contributed by atoms with Crippen molar-refractivity contribution in [3.05, 3.63) is 94.5 Å². The number of aryl methyl sites for hydroxylation is 3. The summed E-state index contributed by atoms with van der Waals surface area (Å²) in [6, 6.07) is 19.7. The third-order valence-corrected chi connectivity index (χ3v) is 7.47. The van der Waals surface area contributed by atoms with Gasteiger partial charge in [-0.3, -0.25) is 9.10 Å². The number of anilines is 1. The number of hydrogen-bond donors (Lipinski definition) is 1. The largest absolute Gasteiger partial charge is 0.348 e. The van der Waals surface area contributed by atoms with Gasteiger partial charge in [-0.2, -0.15) is 0 Å². The Morgan fingerprint density at radius 1 is 0.875 bits per heavy atom. The fourth-order valence-corrected chi connectivity index (χ4v) is 4.71. The summed E-state index contributed by atoms with van der Waals surface area (Å²) >= 11 is 0. The van der Waals surface area contributed by atoms with Crippen LogP contribution in [0.25, 0.3) is 0 Å². The van der Waals surface area contributed by atoms with E-state index < -0.39 is 10.0 Å². The molecule has 1 N–H and O–H groups in total. The third-order valence-electron chi connectivity index (χ3n) is 5.67. The highest BCUT2D eigenvalue weighted by Gasteiger charge is 2.21. The minimum absolute atomic E-state index is 0.190. The van der Waals surface area contributed by atoms with Crippen molar-refractivity contribution in [3.8, 4) is 0 Å². The summed E-state index contributed by atoms with van der Waals surface area (Å²) in [5, 5.41) is 2.98. The lowest BCUT2D eigenvalue weighted by atomic mass is 10.0. The Hall–Kier alpha value is -3.12. The first-order chi connectivity index (χ1) is 15.3. The molecule has 168 valence electrons. The number of rotatable bonds is 8. The molecule has 0 heterocycles. The molecule has 5 nitrogen and oxygen atoms in total. The van der Waals surface area contributed by atoms with Crippen LogP contribution in [0.15, 0.2) is 71.6 Å². The van der Waals surface area contributed by atoms with E-state index in [4.69, 9.17) is 0 Å². The molecular weight excluding hydrogens is 420 g/mol. The summed E-state index contributed by atoms with van der Waals surface area (Å²) in [4.78, 5) is 12.9. The number of carbonyl (C=O) groups excluding carboxylic acids is 1. The van der Waals surface area contributed by atoms with Gasteiger partial charge in [-0.15, -0.1) is 0 Å². The van der Waals surface area contributed by atoms with E-state index >= 15 is 0 Å².